The average molecular weight is 241 g/mol. The van der Waals surface area contributed by atoms with Gasteiger partial charge in [-0.15, -0.1) is 0 Å². The van der Waals surface area contributed by atoms with Crippen molar-refractivity contribution in [1.82, 2.24) is 4.98 Å². The minimum atomic E-state index is -0.505. The number of amides is 1. The molecular formula is C9H9BrN2O. The van der Waals surface area contributed by atoms with Crippen LogP contribution in [0.15, 0.2) is 24.3 Å². The van der Waals surface area contributed by atoms with Gasteiger partial charge in [0.1, 0.15) is 5.69 Å². The van der Waals surface area contributed by atoms with Gasteiger partial charge in [-0.2, -0.15) is 0 Å². The maximum atomic E-state index is 10.8. The molecule has 0 saturated heterocycles. The molecule has 0 atom stereocenters. The van der Waals surface area contributed by atoms with E-state index in [0.717, 1.165) is 11.0 Å². The Morgan fingerprint density at radius 1 is 1.62 bits per heavy atom. The van der Waals surface area contributed by atoms with Gasteiger partial charge in [-0.1, -0.05) is 28.1 Å². The lowest BCUT2D eigenvalue weighted by molar-refractivity contribution is 0.0995. The van der Waals surface area contributed by atoms with Crippen molar-refractivity contribution in [2.75, 3.05) is 5.33 Å². The van der Waals surface area contributed by atoms with Crippen molar-refractivity contribution >= 4 is 27.9 Å². The first-order valence-corrected chi connectivity index (χ1v) is 4.85. The van der Waals surface area contributed by atoms with Gasteiger partial charge in [0.15, 0.2) is 0 Å². The fourth-order valence-corrected chi connectivity index (χ4v) is 1.03. The lowest BCUT2D eigenvalue weighted by Crippen LogP contribution is -2.13. The van der Waals surface area contributed by atoms with Gasteiger partial charge in [0, 0.05) is 5.33 Å². The molecule has 0 radical (unpaired) electrons. The molecule has 3 nitrogen and oxygen atoms in total. The Balaban J connectivity index is 2.92. The Labute approximate surface area is 84.8 Å². The van der Waals surface area contributed by atoms with Crippen molar-refractivity contribution in [2.24, 2.45) is 5.73 Å². The summed E-state index contributed by atoms with van der Waals surface area (Å²) in [5, 5.41) is 0.759. The van der Waals surface area contributed by atoms with Crippen LogP contribution in [0.25, 0.3) is 6.08 Å². The minimum Gasteiger partial charge on any atom is -0.364 e. The van der Waals surface area contributed by atoms with Crippen molar-refractivity contribution in [3.8, 4) is 0 Å². The molecule has 0 fully saturated rings. The first-order valence-electron chi connectivity index (χ1n) is 3.73. The molecule has 0 unspecified atom stereocenters. The van der Waals surface area contributed by atoms with E-state index in [9.17, 15) is 4.79 Å². The van der Waals surface area contributed by atoms with E-state index in [0.29, 0.717) is 0 Å². The number of alkyl halides is 1. The Kier molecular flexibility index (Phi) is 3.64. The van der Waals surface area contributed by atoms with E-state index in [1.54, 1.807) is 12.1 Å². The van der Waals surface area contributed by atoms with E-state index < -0.39 is 5.91 Å². The Morgan fingerprint density at radius 3 is 3.00 bits per heavy atom. The summed E-state index contributed by atoms with van der Waals surface area (Å²) >= 11 is 3.25. The normalized spacial score (nSPS) is 10.5. The van der Waals surface area contributed by atoms with Gasteiger partial charge in [-0.3, -0.25) is 4.79 Å². The SMILES string of the molecule is NC(=O)c1cccc(C=CCBr)n1. The number of aromatic nitrogens is 1. The third kappa shape index (κ3) is 2.99. The topological polar surface area (TPSA) is 56.0 Å². The highest BCUT2D eigenvalue weighted by Gasteiger charge is 2.00. The number of allylic oxidation sites excluding steroid dienone is 1. The van der Waals surface area contributed by atoms with Crippen molar-refractivity contribution in [3.63, 3.8) is 0 Å². The molecule has 0 spiro atoms. The molecule has 0 aromatic carbocycles. The van der Waals surface area contributed by atoms with Crippen LogP contribution in [0.1, 0.15) is 16.2 Å². The molecule has 1 aromatic heterocycles. The van der Waals surface area contributed by atoms with Crippen LogP contribution in [0.5, 0.6) is 0 Å². The molecule has 1 amide bonds. The van der Waals surface area contributed by atoms with Gasteiger partial charge in [0.05, 0.1) is 5.69 Å². The van der Waals surface area contributed by atoms with E-state index in [1.165, 1.54) is 0 Å². The first-order chi connectivity index (χ1) is 6.24. The molecule has 1 aromatic rings. The highest BCUT2D eigenvalue weighted by atomic mass is 79.9. The smallest absolute Gasteiger partial charge is 0.267 e. The maximum absolute atomic E-state index is 10.8. The lowest BCUT2D eigenvalue weighted by atomic mass is 10.3. The van der Waals surface area contributed by atoms with Gasteiger partial charge in [0.2, 0.25) is 0 Å². The number of halogens is 1. The van der Waals surface area contributed by atoms with Gasteiger partial charge in [-0.25, -0.2) is 4.98 Å². The fourth-order valence-electron chi connectivity index (χ4n) is 0.847. The van der Waals surface area contributed by atoms with Gasteiger partial charge in [0.25, 0.3) is 5.91 Å². The molecular weight excluding hydrogens is 232 g/mol. The quantitative estimate of drug-likeness (QED) is 0.817. The van der Waals surface area contributed by atoms with Crippen molar-refractivity contribution in [3.05, 3.63) is 35.7 Å². The second-order valence-corrected chi connectivity index (χ2v) is 3.02. The largest absolute Gasteiger partial charge is 0.364 e. The van der Waals surface area contributed by atoms with Crippen LogP contribution in [-0.2, 0) is 0 Å². The van der Waals surface area contributed by atoms with Crippen molar-refractivity contribution in [1.29, 1.82) is 0 Å². The van der Waals surface area contributed by atoms with Gasteiger partial charge in [-0.05, 0) is 18.2 Å². The highest BCUT2D eigenvalue weighted by molar-refractivity contribution is 9.09. The predicted octanol–water partition coefficient (Wildman–Crippen LogP) is 1.59. The second kappa shape index (κ2) is 4.77. The summed E-state index contributed by atoms with van der Waals surface area (Å²) in [4.78, 5) is 14.8. The average Bonchev–Trinajstić information content (AvgIpc) is 2.15. The number of carbonyl (C=O) groups is 1. The summed E-state index contributed by atoms with van der Waals surface area (Å²) in [5.41, 5.74) is 6.10. The molecule has 0 aliphatic heterocycles. The standard InChI is InChI=1S/C9H9BrN2O/c10-6-2-4-7-3-1-5-8(12-7)9(11)13/h1-5H,6H2,(H2,11,13). The number of carbonyl (C=O) groups excluding carboxylic acids is 1. The van der Waals surface area contributed by atoms with E-state index >= 15 is 0 Å². The zero-order chi connectivity index (χ0) is 9.68. The van der Waals surface area contributed by atoms with Gasteiger partial charge < -0.3 is 5.73 Å². The third-order valence-corrected chi connectivity index (χ3v) is 1.77. The summed E-state index contributed by atoms with van der Waals surface area (Å²) in [5.74, 6) is -0.505. The molecule has 4 heteroatoms. The molecule has 0 bridgehead atoms. The van der Waals surface area contributed by atoms with E-state index in [-0.39, 0.29) is 5.69 Å². The summed E-state index contributed by atoms with van der Waals surface area (Å²) in [6.45, 7) is 0. The molecule has 0 aliphatic carbocycles. The summed E-state index contributed by atoms with van der Waals surface area (Å²) in [6, 6.07) is 5.15. The molecule has 1 heterocycles. The van der Waals surface area contributed by atoms with E-state index in [1.807, 2.05) is 18.2 Å². The van der Waals surface area contributed by atoms with E-state index in [4.69, 9.17) is 5.73 Å². The number of hydrogen-bond donors (Lipinski definition) is 1. The highest BCUT2D eigenvalue weighted by Crippen LogP contribution is 2.01. The summed E-state index contributed by atoms with van der Waals surface area (Å²) < 4.78 is 0. The zero-order valence-electron chi connectivity index (χ0n) is 6.90. The maximum Gasteiger partial charge on any atom is 0.267 e. The fraction of sp³-hybridized carbons (Fsp3) is 0.111. The van der Waals surface area contributed by atoms with Crippen LogP contribution in [0.4, 0.5) is 0 Å². The van der Waals surface area contributed by atoms with Gasteiger partial charge >= 0.3 is 0 Å². The number of pyridine rings is 1. The monoisotopic (exact) mass is 240 g/mol. The molecule has 13 heavy (non-hydrogen) atoms. The van der Waals surface area contributed by atoms with Crippen molar-refractivity contribution in [2.45, 2.75) is 0 Å². The van der Waals surface area contributed by atoms with Crippen LogP contribution < -0.4 is 5.73 Å². The van der Waals surface area contributed by atoms with Crippen LogP contribution >= 0.6 is 15.9 Å². The Morgan fingerprint density at radius 2 is 2.38 bits per heavy atom. The number of nitrogens with two attached hydrogens (primary N) is 1. The van der Waals surface area contributed by atoms with Crippen LogP contribution in [0.2, 0.25) is 0 Å². The molecule has 0 saturated carbocycles. The van der Waals surface area contributed by atoms with Crippen LogP contribution in [0, 0.1) is 0 Å². The first kappa shape index (κ1) is 9.92. The predicted molar refractivity (Wildman–Crippen MR) is 55.6 cm³/mol. The molecule has 1 rings (SSSR count). The van der Waals surface area contributed by atoms with E-state index in [2.05, 4.69) is 20.9 Å². The van der Waals surface area contributed by atoms with Crippen LogP contribution in [-0.4, -0.2) is 16.2 Å². The zero-order valence-corrected chi connectivity index (χ0v) is 8.49. The summed E-state index contributed by atoms with van der Waals surface area (Å²) in [6.07, 6.45) is 3.72. The number of nitrogens with zero attached hydrogens (tertiary/aromatic N) is 1. The number of rotatable bonds is 3. The summed E-state index contributed by atoms with van der Waals surface area (Å²) in [7, 11) is 0. The Hall–Kier alpha value is -1.16. The number of hydrogen-bond acceptors (Lipinski definition) is 2. The Bertz CT molecular complexity index is 336. The molecule has 68 valence electrons. The minimum absolute atomic E-state index is 0.289. The third-order valence-electron chi connectivity index (χ3n) is 1.40. The molecule has 2 N–H and O–H groups in total. The second-order valence-electron chi connectivity index (χ2n) is 2.37. The molecule has 0 aliphatic rings. The lowest BCUT2D eigenvalue weighted by Gasteiger charge is -1.95. The number of primary amides is 1. The van der Waals surface area contributed by atoms with Crippen LogP contribution in [0.3, 0.4) is 0 Å². The van der Waals surface area contributed by atoms with Crippen molar-refractivity contribution < 1.29 is 4.79 Å².